The molecule has 2 N–H and O–H groups in total. The summed E-state index contributed by atoms with van der Waals surface area (Å²) in [4.78, 5) is 11.8. The molecular weight excluding hydrogens is 326 g/mol. The maximum absolute atomic E-state index is 11.8. The van der Waals surface area contributed by atoms with Crippen molar-refractivity contribution < 1.29 is 14.6 Å². The molecule has 4 nitrogen and oxygen atoms in total. The van der Waals surface area contributed by atoms with E-state index >= 15 is 0 Å². The topological polar surface area (TPSA) is 58.6 Å². The summed E-state index contributed by atoms with van der Waals surface area (Å²) in [7, 11) is 0. The molecule has 0 aromatic carbocycles. The van der Waals surface area contributed by atoms with Crippen molar-refractivity contribution in [1.82, 2.24) is 5.32 Å². The summed E-state index contributed by atoms with van der Waals surface area (Å²) in [5, 5.41) is 11.4. The predicted molar refractivity (Wildman–Crippen MR) is 102 cm³/mol. The van der Waals surface area contributed by atoms with E-state index in [1.165, 1.54) is 38.5 Å². The average molecular weight is 362 g/mol. The molecule has 4 aliphatic carbocycles. The molecule has 4 aliphatic rings. The van der Waals surface area contributed by atoms with E-state index in [1.807, 2.05) is 0 Å². The smallest absolute Gasteiger partial charge is 0.407 e. The van der Waals surface area contributed by atoms with Gasteiger partial charge in [-0.3, -0.25) is 0 Å². The highest BCUT2D eigenvalue weighted by atomic mass is 16.6. The van der Waals surface area contributed by atoms with E-state index in [4.69, 9.17) is 9.84 Å². The molecule has 26 heavy (non-hydrogen) atoms. The van der Waals surface area contributed by atoms with E-state index in [-0.39, 0.29) is 25.3 Å². The molecule has 0 radical (unpaired) electrons. The number of fused-ring (bicyclic) bond motifs is 5. The Morgan fingerprint density at radius 3 is 2.88 bits per heavy atom. The van der Waals surface area contributed by atoms with Gasteiger partial charge in [0.2, 0.25) is 0 Å². The van der Waals surface area contributed by atoms with Gasteiger partial charge in [0.05, 0.1) is 6.61 Å². The van der Waals surface area contributed by atoms with Gasteiger partial charge in [-0.1, -0.05) is 31.9 Å². The normalized spacial score (nSPS) is 44.3. The Hall–Kier alpha value is -1.03. The Morgan fingerprint density at radius 2 is 2.08 bits per heavy atom. The molecule has 0 spiro atoms. The maximum atomic E-state index is 11.8. The van der Waals surface area contributed by atoms with E-state index < -0.39 is 0 Å². The fourth-order valence-corrected chi connectivity index (χ4v) is 7.07. The van der Waals surface area contributed by atoms with Crippen LogP contribution in [-0.4, -0.2) is 30.5 Å². The van der Waals surface area contributed by atoms with Crippen molar-refractivity contribution >= 4 is 6.09 Å². The van der Waals surface area contributed by atoms with Crippen LogP contribution in [0.2, 0.25) is 0 Å². The van der Waals surface area contributed by atoms with Gasteiger partial charge in [-0.15, -0.1) is 0 Å². The Bertz CT molecular complexity index is 588. The number of aliphatic hydroxyl groups is 1. The lowest BCUT2D eigenvalue weighted by Gasteiger charge is -2.57. The fraction of sp³-hybridized carbons (Fsp3) is 0.864. The first-order valence-corrected chi connectivity index (χ1v) is 10.7. The summed E-state index contributed by atoms with van der Waals surface area (Å²) >= 11 is 0. The summed E-state index contributed by atoms with van der Waals surface area (Å²) in [6.07, 6.45) is 13.5. The summed E-state index contributed by atoms with van der Waals surface area (Å²) in [6, 6.07) is 0. The fourth-order valence-electron chi connectivity index (χ4n) is 7.07. The number of ether oxygens (including phenoxy) is 1. The minimum Gasteiger partial charge on any atom is -0.446 e. The lowest BCUT2D eigenvalue weighted by molar-refractivity contribution is -0.0377. The third-order valence-corrected chi connectivity index (χ3v) is 8.49. The maximum Gasteiger partial charge on any atom is 0.407 e. The number of rotatable bonds is 3. The van der Waals surface area contributed by atoms with Crippen LogP contribution < -0.4 is 5.32 Å². The van der Waals surface area contributed by atoms with Gasteiger partial charge in [-0.05, 0) is 73.5 Å². The SMILES string of the molecule is C[C@]12CCCC1C1CC=C3C[C@H](OC(=O)NCCO)CC[C@@]3(C)C1CC2. The zero-order valence-corrected chi connectivity index (χ0v) is 16.4. The highest BCUT2D eigenvalue weighted by Gasteiger charge is 2.55. The van der Waals surface area contributed by atoms with Crippen LogP contribution in [0.15, 0.2) is 11.6 Å². The zero-order chi connectivity index (χ0) is 18.4. The van der Waals surface area contributed by atoms with Gasteiger partial charge < -0.3 is 15.2 Å². The number of hydrogen-bond acceptors (Lipinski definition) is 3. The molecule has 3 fully saturated rings. The minimum atomic E-state index is -0.388. The molecule has 0 aliphatic heterocycles. The van der Waals surface area contributed by atoms with E-state index in [1.54, 1.807) is 5.57 Å². The quantitative estimate of drug-likeness (QED) is 0.731. The van der Waals surface area contributed by atoms with Crippen molar-refractivity contribution in [3.05, 3.63) is 11.6 Å². The number of carbonyl (C=O) groups is 1. The van der Waals surface area contributed by atoms with Crippen LogP contribution in [0.3, 0.4) is 0 Å². The van der Waals surface area contributed by atoms with E-state index in [9.17, 15) is 4.79 Å². The Labute approximate surface area is 157 Å². The Balaban J connectivity index is 1.46. The van der Waals surface area contributed by atoms with Gasteiger partial charge in [0.25, 0.3) is 0 Å². The van der Waals surface area contributed by atoms with Crippen LogP contribution in [-0.2, 0) is 4.74 Å². The second-order valence-electron chi connectivity index (χ2n) is 9.76. The first-order chi connectivity index (χ1) is 12.5. The molecule has 3 saturated carbocycles. The van der Waals surface area contributed by atoms with E-state index in [2.05, 4.69) is 25.2 Å². The van der Waals surface area contributed by atoms with Gasteiger partial charge in [-0.25, -0.2) is 4.79 Å². The van der Waals surface area contributed by atoms with Gasteiger partial charge in [-0.2, -0.15) is 0 Å². The summed E-state index contributed by atoms with van der Waals surface area (Å²) < 4.78 is 5.61. The van der Waals surface area contributed by atoms with Crippen LogP contribution in [0.5, 0.6) is 0 Å². The zero-order valence-electron chi connectivity index (χ0n) is 16.4. The summed E-state index contributed by atoms with van der Waals surface area (Å²) in [5.41, 5.74) is 2.47. The lowest BCUT2D eigenvalue weighted by atomic mass is 9.48. The molecule has 3 unspecified atom stereocenters. The van der Waals surface area contributed by atoms with Gasteiger partial charge >= 0.3 is 6.09 Å². The van der Waals surface area contributed by atoms with Crippen molar-refractivity contribution in [3.8, 4) is 0 Å². The second kappa shape index (κ2) is 6.85. The monoisotopic (exact) mass is 361 g/mol. The summed E-state index contributed by atoms with van der Waals surface area (Å²) in [6.45, 7) is 5.26. The van der Waals surface area contributed by atoms with Crippen LogP contribution >= 0.6 is 0 Å². The van der Waals surface area contributed by atoms with Crippen LogP contribution in [0.25, 0.3) is 0 Å². The number of hydrogen-bond donors (Lipinski definition) is 2. The average Bonchev–Trinajstić information content (AvgIpc) is 3.02. The Morgan fingerprint density at radius 1 is 1.23 bits per heavy atom. The second-order valence-corrected chi connectivity index (χ2v) is 9.76. The number of aliphatic hydroxyl groups excluding tert-OH is 1. The van der Waals surface area contributed by atoms with Gasteiger partial charge in [0, 0.05) is 13.0 Å². The molecule has 0 heterocycles. The van der Waals surface area contributed by atoms with Crippen molar-refractivity contribution in [1.29, 1.82) is 0 Å². The lowest BCUT2D eigenvalue weighted by Crippen LogP contribution is -2.49. The van der Waals surface area contributed by atoms with Gasteiger partial charge in [0.1, 0.15) is 6.10 Å². The molecule has 4 heteroatoms. The highest BCUT2D eigenvalue weighted by molar-refractivity contribution is 5.67. The van der Waals surface area contributed by atoms with Crippen molar-refractivity contribution in [2.45, 2.75) is 77.7 Å². The number of allylic oxidation sites excluding steroid dienone is 1. The largest absolute Gasteiger partial charge is 0.446 e. The third kappa shape index (κ3) is 2.98. The number of nitrogens with one attached hydrogen (secondary N) is 1. The van der Waals surface area contributed by atoms with Crippen LogP contribution in [0.1, 0.15) is 71.6 Å². The molecule has 146 valence electrons. The molecule has 0 bridgehead atoms. The molecular formula is C22H35NO3. The first kappa shape index (κ1) is 18.3. The van der Waals surface area contributed by atoms with Crippen molar-refractivity contribution in [2.75, 3.05) is 13.2 Å². The molecule has 0 saturated heterocycles. The number of carbonyl (C=O) groups excluding carboxylic acids is 1. The molecule has 4 rings (SSSR count). The molecule has 1 amide bonds. The molecule has 0 aromatic rings. The Kier molecular flexibility index (Phi) is 4.83. The van der Waals surface area contributed by atoms with Crippen LogP contribution in [0, 0.1) is 28.6 Å². The number of alkyl carbamates (subject to hydrolysis) is 1. The molecule has 6 atom stereocenters. The van der Waals surface area contributed by atoms with Crippen molar-refractivity contribution in [3.63, 3.8) is 0 Å². The van der Waals surface area contributed by atoms with Crippen LogP contribution in [0.4, 0.5) is 4.79 Å². The van der Waals surface area contributed by atoms with E-state index in [0.29, 0.717) is 10.8 Å². The predicted octanol–water partition coefficient (Wildman–Crippen LogP) is 4.43. The highest BCUT2D eigenvalue weighted by Crippen LogP contribution is 2.64. The molecule has 0 aromatic heterocycles. The first-order valence-electron chi connectivity index (χ1n) is 10.7. The third-order valence-electron chi connectivity index (χ3n) is 8.49. The summed E-state index contributed by atoms with van der Waals surface area (Å²) in [5.74, 6) is 2.62. The number of amides is 1. The van der Waals surface area contributed by atoms with E-state index in [0.717, 1.165) is 37.0 Å². The minimum absolute atomic E-state index is 0.00935. The van der Waals surface area contributed by atoms with Crippen molar-refractivity contribution in [2.24, 2.45) is 28.6 Å². The van der Waals surface area contributed by atoms with Gasteiger partial charge in [0.15, 0.2) is 0 Å². The standard InChI is InChI=1S/C22H35NO3/c1-21-9-3-4-18(21)17-6-5-15-14-16(26-20(25)23-12-13-24)7-11-22(15,2)19(17)8-10-21/h5,16-19,24H,3-4,6-14H2,1-2H3,(H,23,25)/t16-,17?,18?,19?,21-,22-/m1/s1.